The van der Waals surface area contributed by atoms with Gasteiger partial charge in [-0.05, 0) is 62.2 Å². The molecule has 0 bridgehead atoms. The lowest BCUT2D eigenvalue weighted by Gasteiger charge is -2.24. The molecule has 26 heavy (non-hydrogen) atoms. The highest BCUT2D eigenvalue weighted by Crippen LogP contribution is 2.19. The topological polar surface area (TPSA) is 48.5 Å². The quantitative estimate of drug-likeness (QED) is 0.809. The number of pyridine rings is 1. The minimum Gasteiger partial charge on any atom is -0.338 e. The van der Waals surface area contributed by atoms with Gasteiger partial charge >= 0.3 is 6.03 Å². The van der Waals surface area contributed by atoms with Crippen LogP contribution in [0.3, 0.4) is 0 Å². The molecule has 6 heteroatoms. The number of nitrogens with zero attached hydrogens (tertiary/aromatic N) is 3. The average Bonchev–Trinajstić information content (AvgIpc) is 3.28. The number of urea groups is 1. The predicted octanol–water partition coefficient (Wildman–Crippen LogP) is 3.51. The molecule has 1 unspecified atom stereocenters. The van der Waals surface area contributed by atoms with Gasteiger partial charge in [0.2, 0.25) is 0 Å². The number of hydrogen-bond donors (Lipinski definition) is 1. The maximum atomic E-state index is 12.9. The van der Waals surface area contributed by atoms with Crippen LogP contribution in [0.25, 0.3) is 0 Å². The maximum absolute atomic E-state index is 12.9. The molecule has 3 rings (SSSR count). The van der Waals surface area contributed by atoms with Crippen molar-refractivity contribution in [1.29, 1.82) is 0 Å². The summed E-state index contributed by atoms with van der Waals surface area (Å²) in [4.78, 5) is 23.7. The Kier molecular flexibility index (Phi) is 6.63. The molecule has 0 spiro atoms. The summed E-state index contributed by atoms with van der Waals surface area (Å²) in [6, 6.07) is 8.18. The Morgan fingerprint density at radius 2 is 2.12 bits per heavy atom. The van der Waals surface area contributed by atoms with Gasteiger partial charge in [0.05, 0.1) is 6.54 Å². The van der Waals surface area contributed by atoms with E-state index >= 15 is 0 Å². The minimum absolute atomic E-state index is 0.0165. The van der Waals surface area contributed by atoms with Crippen molar-refractivity contribution < 1.29 is 4.79 Å². The number of nitrogens with one attached hydrogen (secondary N) is 1. The van der Waals surface area contributed by atoms with Crippen molar-refractivity contribution in [3.63, 3.8) is 0 Å². The van der Waals surface area contributed by atoms with Gasteiger partial charge in [-0.3, -0.25) is 4.98 Å². The van der Waals surface area contributed by atoms with Crippen LogP contribution in [0.4, 0.5) is 4.79 Å². The molecule has 1 N–H and O–H groups in total. The van der Waals surface area contributed by atoms with Crippen molar-refractivity contribution in [2.24, 2.45) is 5.92 Å². The molecular weight excluding hydrogens is 344 g/mol. The Balaban J connectivity index is 1.60. The van der Waals surface area contributed by atoms with Crippen LogP contribution < -0.4 is 5.32 Å². The summed E-state index contributed by atoms with van der Waals surface area (Å²) in [6.07, 6.45) is 4.72. The van der Waals surface area contributed by atoms with Gasteiger partial charge in [-0.2, -0.15) is 0 Å². The fourth-order valence-corrected chi connectivity index (χ4v) is 4.28. The molecule has 2 aromatic heterocycles. The largest absolute Gasteiger partial charge is 0.338 e. The van der Waals surface area contributed by atoms with Crippen LogP contribution in [0, 0.1) is 12.8 Å². The van der Waals surface area contributed by atoms with Crippen molar-refractivity contribution in [3.8, 4) is 0 Å². The van der Waals surface area contributed by atoms with Crippen LogP contribution in [0.2, 0.25) is 0 Å². The number of amides is 2. The van der Waals surface area contributed by atoms with E-state index in [-0.39, 0.29) is 6.03 Å². The first-order valence-corrected chi connectivity index (χ1v) is 10.1. The molecule has 2 amide bonds. The van der Waals surface area contributed by atoms with Crippen molar-refractivity contribution in [2.75, 3.05) is 26.2 Å². The third-order valence-electron chi connectivity index (χ3n) is 4.91. The second-order valence-electron chi connectivity index (χ2n) is 6.96. The van der Waals surface area contributed by atoms with Crippen LogP contribution in [-0.2, 0) is 13.1 Å². The molecule has 0 aromatic carbocycles. The minimum atomic E-state index is 0.0165. The van der Waals surface area contributed by atoms with E-state index in [4.69, 9.17) is 0 Å². The highest BCUT2D eigenvalue weighted by atomic mass is 32.1. The van der Waals surface area contributed by atoms with Crippen LogP contribution in [0.1, 0.15) is 28.7 Å². The molecule has 1 aliphatic heterocycles. The van der Waals surface area contributed by atoms with Gasteiger partial charge in [-0.25, -0.2) is 4.79 Å². The zero-order valence-electron chi connectivity index (χ0n) is 15.6. The zero-order valence-corrected chi connectivity index (χ0v) is 16.5. The lowest BCUT2D eigenvalue weighted by atomic mass is 10.1. The van der Waals surface area contributed by atoms with Crippen LogP contribution in [0.5, 0.6) is 0 Å². The van der Waals surface area contributed by atoms with E-state index in [0.717, 1.165) is 31.7 Å². The Bertz CT molecular complexity index is 703. The fraction of sp³-hybridized carbons (Fsp3) is 0.500. The van der Waals surface area contributed by atoms with E-state index < -0.39 is 0 Å². The monoisotopic (exact) mass is 372 g/mol. The molecular formula is C20H28N4OS. The first kappa shape index (κ1) is 18.9. The standard InChI is InChI=1S/C20H28N4OS/c1-3-23-11-8-18(13-23)12-22-20(25)24(14-17-6-9-21-10-7-17)15-19-5-4-16(2)26-19/h4-7,9-10,18H,3,8,11-15H2,1-2H3,(H,22,25). The maximum Gasteiger partial charge on any atom is 0.318 e. The van der Waals surface area contributed by atoms with Crippen molar-refractivity contribution in [1.82, 2.24) is 20.1 Å². The number of rotatable bonds is 7. The number of likely N-dealkylation sites (tertiary alicyclic amines) is 1. The molecule has 1 saturated heterocycles. The van der Waals surface area contributed by atoms with Gasteiger partial charge in [0.25, 0.3) is 0 Å². The predicted molar refractivity (Wildman–Crippen MR) is 106 cm³/mol. The first-order valence-electron chi connectivity index (χ1n) is 9.33. The number of hydrogen-bond acceptors (Lipinski definition) is 4. The Hall–Kier alpha value is -1.92. The summed E-state index contributed by atoms with van der Waals surface area (Å²) < 4.78 is 0. The highest BCUT2D eigenvalue weighted by molar-refractivity contribution is 7.11. The molecule has 5 nitrogen and oxygen atoms in total. The summed E-state index contributed by atoms with van der Waals surface area (Å²) in [5, 5.41) is 3.17. The normalized spacial score (nSPS) is 17.4. The van der Waals surface area contributed by atoms with Gasteiger partial charge in [0.1, 0.15) is 0 Å². The van der Waals surface area contributed by atoms with Crippen molar-refractivity contribution in [3.05, 3.63) is 52.0 Å². The Morgan fingerprint density at radius 1 is 1.31 bits per heavy atom. The summed E-state index contributed by atoms with van der Waals surface area (Å²) in [5.41, 5.74) is 1.10. The number of aromatic nitrogens is 1. The zero-order chi connectivity index (χ0) is 18.4. The second-order valence-corrected chi connectivity index (χ2v) is 8.33. The summed E-state index contributed by atoms with van der Waals surface area (Å²) in [6.45, 7) is 9.61. The second kappa shape index (κ2) is 9.14. The number of aryl methyl sites for hydroxylation is 1. The lowest BCUT2D eigenvalue weighted by molar-refractivity contribution is 0.191. The third kappa shape index (κ3) is 5.29. The highest BCUT2D eigenvalue weighted by Gasteiger charge is 2.23. The van der Waals surface area contributed by atoms with Crippen LogP contribution in [-0.4, -0.2) is 47.0 Å². The number of thiophene rings is 1. The van der Waals surface area contributed by atoms with Gasteiger partial charge in [-0.15, -0.1) is 11.3 Å². The molecule has 0 aliphatic carbocycles. The van der Waals surface area contributed by atoms with Gasteiger partial charge < -0.3 is 15.1 Å². The molecule has 140 valence electrons. The molecule has 0 saturated carbocycles. The average molecular weight is 373 g/mol. The van der Waals surface area contributed by atoms with E-state index in [1.54, 1.807) is 23.7 Å². The molecule has 1 aliphatic rings. The van der Waals surface area contributed by atoms with E-state index in [2.05, 4.69) is 41.2 Å². The smallest absolute Gasteiger partial charge is 0.318 e. The summed E-state index contributed by atoms with van der Waals surface area (Å²) in [5.74, 6) is 0.561. The molecule has 3 heterocycles. The van der Waals surface area contributed by atoms with E-state index in [9.17, 15) is 4.79 Å². The Labute approximate surface area is 160 Å². The molecule has 0 radical (unpaired) electrons. The van der Waals surface area contributed by atoms with Crippen LogP contribution >= 0.6 is 11.3 Å². The molecule has 1 fully saturated rings. The summed E-state index contributed by atoms with van der Waals surface area (Å²) >= 11 is 1.75. The summed E-state index contributed by atoms with van der Waals surface area (Å²) in [7, 11) is 0. The molecule has 2 aromatic rings. The fourth-order valence-electron chi connectivity index (χ4n) is 3.38. The lowest BCUT2D eigenvalue weighted by Crippen LogP contribution is -2.41. The van der Waals surface area contributed by atoms with Gasteiger partial charge in [-0.1, -0.05) is 6.92 Å². The van der Waals surface area contributed by atoms with Crippen LogP contribution in [0.15, 0.2) is 36.7 Å². The number of carbonyl (C=O) groups is 1. The first-order chi connectivity index (χ1) is 12.6. The van der Waals surface area contributed by atoms with E-state index in [1.807, 2.05) is 17.0 Å². The van der Waals surface area contributed by atoms with Gasteiger partial charge in [0.15, 0.2) is 0 Å². The molecule has 1 atom stereocenters. The van der Waals surface area contributed by atoms with Gasteiger partial charge in [0, 0.05) is 41.8 Å². The van der Waals surface area contributed by atoms with E-state index in [1.165, 1.54) is 16.2 Å². The van der Waals surface area contributed by atoms with Crippen molar-refractivity contribution in [2.45, 2.75) is 33.4 Å². The third-order valence-corrected chi connectivity index (χ3v) is 5.90. The van der Waals surface area contributed by atoms with E-state index in [0.29, 0.717) is 19.0 Å². The Morgan fingerprint density at radius 3 is 2.77 bits per heavy atom. The number of carbonyl (C=O) groups excluding carboxylic acids is 1. The SMILES string of the molecule is CCN1CCC(CNC(=O)N(Cc2ccncc2)Cc2ccc(C)s2)C1. The van der Waals surface area contributed by atoms with Crippen molar-refractivity contribution >= 4 is 17.4 Å².